The second-order valence-electron chi connectivity index (χ2n) is 6.29. The van der Waals surface area contributed by atoms with Gasteiger partial charge in [0.1, 0.15) is 11.8 Å². The van der Waals surface area contributed by atoms with Crippen molar-refractivity contribution >= 4 is 23.2 Å². The fraction of sp³-hybridized carbons (Fsp3) is 0.316. The van der Waals surface area contributed by atoms with Crippen molar-refractivity contribution in [3.05, 3.63) is 48.7 Å². The van der Waals surface area contributed by atoms with Crippen molar-refractivity contribution in [2.75, 3.05) is 17.3 Å². The largest absolute Gasteiger partial charge is 0.472 e. The molecule has 0 bridgehead atoms. The van der Waals surface area contributed by atoms with Crippen LogP contribution in [0.25, 0.3) is 0 Å². The number of aryl methyl sites for hydroxylation is 1. The fourth-order valence-electron chi connectivity index (χ4n) is 2.58. The third kappa shape index (κ3) is 3.77. The Kier molecular flexibility index (Phi) is 5.06. The maximum Gasteiger partial charge on any atom is 0.257 e. The summed E-state index contributed by atoms with van der Waals surface area (Å²) >= 11 is 0. The molecule has 7 nitrogen and oxygen atoms in total. The summed E-state index contributed by atoms with van der Waals surface area (Å²) in [5.41, 5.74) is 1.71. The Morgan fingerprint density at radius 3 is 2.62 bits per heavy atom. The maximum atomic E-state index is 12.5. The van der Waals surface area contributed by atoms with Crippen LogP contribution in [0.2, 0.25) is 0 Å². The smallest absolute Gasteiger partial charge is 0.257 e. The van der Waals surface area contributed by atoms with Gasteiger partial charge in [0.15, 0.2) is 0 Å². The summed E-state index contributed by atoms with van der Waals surface area (Å²) in [4.78, 5) is 25.6. The highest BCUT2D eigenvalue weighted by Gasteiger charge is 2.23. The van der Waals surface area contributed by atoms with E-state index in [1.807, 2.05) is 0 Å². The van der Waals surface area contributed by atoms with Gasteiger partial charge in [0.2, 0.25) is 5.91 Å². The first-order chi connectivity index (χ1) is 12.5. The van der Waals surface area contributed by atoms with Crippen LogP contribution in [0, 0.1) is 0 Å². The molecule has 1 aliphatic rings. The third-order valence-electron chi connectivity index (χ3n) is 4.40. The highest BCUT2D eigenvalue weighted by molar-refractivity contribution is 6.05. The molecule has 0 radical (unpaired) electrons. The van der Waals surface area contributed by atoms with Gasteiger partial charge in [-0.1, -0.05) is 6.58 Å². The fourth-order valence-corrected chi connectivity index (χ4v) is 2.58. The molecule has 1 N–H and O–H groups in total. The second kappa shape index (κ2) is 7.43. The first-order valence-electron chi connectivity index (χ1n) is 8.49. The van der Waals surface area contributed by atoms with Gasteiger partial charge in [0.05, 0.1) is 6.20 Å². The highest BCUT2D eigenvalue weighted by Crippen LogP contribution is 2.29. The SMILES string of the molecule is C=CC(=O)N(C)c1ccc(C(=O)Nc2cn(C)nc2OC2CCC2)cc1. The average Bonchev–Trinajstić information content (AvgIpc) is 2.96. The van der Waals surface area contributed by atoms with Gasteiger partial charge in [-0.25, -0.2) is 0 Å². The minimum absolute atomic E-state index is 0.178. The lowest BCUT2D eigenvalue weighted by atomic mass is 9.96. The van der Waals surface area contributed by atoms with Crippen molar-refractivity contribution < 1.29 is 14.3 Å². The molecule has 26 heavy (non-hydrogen) atoms. The van der Waals surface area contributed by atoms with Gasteiger partial charge in [-0.15, -0.1) is 5.10 Å². The van der Waals surface area contributed by atoms with E-state index in [0.29, 0.717) is 22.8 Å². The van der Waals surface area contributed by atoms with E-state index < -0.39 is 0 Å². The molecule has 2 aromatic rings. The predicted octanol–water partition coefficient (Wildman–Crippen LogP) is 2.75. The van der Waals surface area contributed by atoms with Crippen molar-refractivity contribution in [3.63, 3.8) is 0 Å². The normalized spacial score (nSPS) is 13.6. The van der Waals surface area contributed by atoms with Gasteiger partial charge in [-0.05, 0) is 49.6 Å². The van der Waals surface area contributed by atoms with Crippen LogP contribution in [-0.4, -0.2) is 34.7 Å². The minimum atomic E-state index is -0.263. The van der Waals surface area contributed by atoms with Crippen molar-refractivity contribution in [3.8, 4) is 5.88 Å². The first-order valence-corrected chi connectivity index (χ1v) is 8.49. The van der Waals surface area contributed by atoms with Crippen LogP contribution < -0.4 is 15.0 Å². The van der Waals surface area contributed by atoms with Crippen molar-refractivity contribution in [2.45, 2.75) is 25.4 Å². The quantitative estimate of drug-likeness (QED) is 0.809. The van der Waals surface area contributed by atoms with Gasteiger partial charge in [0.25, 0.3) is 11.8 Å². The molecule has 3 rings (SSSR count). The van der Waals surface area contributed by atoms with Crippen LogP contribution in [0.15, 0.2) is 43.1 Å². The summed E-state index contributed by atoms with van der Waals surface area (Å²) in [6.07, 6.45) is 6.33. The predicted molar refractivity (Wildman–Crippen MR) is 99.5 cm³/mol. The monoisotopic (exact) mass is 354 g/mol. The van der Waals surface area contributed by atoms with Crippen LogP contribution >= 0.6 is 0 Å². The number of anilines is 2. The summed E-state index contributed by atoms with van der Waals surface area (Å²) in [5.74, 6) is -0.0328. The molecular formula is C19H22N4O3. The van der Waals surface area contributed by atoms with E-state index in [0.717, 1.165) is 19.3 Å². The van der Waals surface area contributed by atoms with Crippen LogP contribution in [0.4, 0.5) is 11.4 Å². The molecule has 0 saturated heterocycles. The number of aromatic nitrogens is 2. The van der Waals surface area contributed by atoms with E-state index in [1.165, 1.54) is 11.0 Å². The first kappa shape index (κ1) is 17.7. The van der Waals surface area contributed by atoms with Gasteiger partial charge >= 0.3 is 0 Å². The number of ether oxygens (including phenoxy) is 1. The number of rotatable bonds is 6. The highest BCUT2D eigenvalue weighted by atomic mass is 16.5. The summed E-state index contributed by atoms with van der Waals surface area (Å²) in [6.45, 7) is 3.47. The summed E-state index contributed by atoms with van der Waals surface area (Å²) in [7, 11) is 3.43. The van der Waals surface area contributed by atoms with Gasteiger partial charge < -0.3 is 15.0 Å². The van der Waals surface area contributed by atoms with Crippen LogP contribution in [0.3, 0.4) is 0 Å². The number of carbonyl (C=O) groups is 2. The molecule has 1 saturated carbocycles. The Morgan fingerprint density at radius 2 is 2.04 bits per heavy atom. The van der Waals surface area contributed by atoms with E-state index in [4.69, 9.17) is 4.74 Å². The molecule has 136 valence electrons. The lowest BCUT2D eigenvalue weighted by Crippen LogP contribution is -2.25. The number of hydrogen-bond acceptors (Lipinski definition) is 4. The number of nitrogens with one attached hydrogen (secondary N) is 1. The number of hydrogen-bond donors (Lipinski definition) is 1. The zero-order chi connectivity index (χ0) is 18.7. The lowest BCUT2D eigenvalue weighted by Gasteiger charge is -2.25. The Bertz CT molecular complexity index is 822. The maximum absolute atomic E-state index is 12.5. The van der Waals surface area contributed by atoms with Crippen LogP contribution in [-0.2, 0) is 11.8 Å². The van der Waals surface area contributed by atoms with Crippen molar-refractivity contribution in [1.29, 1.82) is 0 Å². The summed E-state index contributed by atoms with van der Waals surface area (Å²) < 4.78 is 7.44. The van der Waals surface area contributed by atoms with Crippen molar-refractivity contribution in [2.24, 2.45) is 7.05 Å². The Hall–Kier alpha value is -3.09. The average molecular weight is 354 g/mol. The minimum Gasteiger partial charge on any atom is -0.472 e. The molecular weight excluding hydrogens is 332 g/mol. The molecule has 2 amide bonds. The molecule has 0 spiro atoms. The lowest BCUT2D eigenvalue weighted by molar-refractivity contribution is -0.113. The topological polar surface area (TPSA) is 76.5 Å². The van der Waals surface area contributed by atoms with E-state index in [9.17, 15) is 9.59 Å². The molecule has 1 aromatic heterocycles. The standard InChI is InChI=1S/C19H22N4O3/c1-4-17(24)23(3)14-10-8-13(9-11-14)18(25)20-16-12-22(2)21-19(16)26-15-6-5-7-15/h4,8-12,15H,1,5-7H2,2-3H3,(H,20,25). The Labute approximate surface area is 152 Å². The molecule has 1 aromatic carbocycles. The second-order valence-corrected chi connectivity index (χ2v) is 6.29. The molecule has 1 heterocycles. The number of nitrogens with zero attached hydrogens (tertiary/aromatic N) is 3. The molecule has 0 unspecified atom stereocenters. The van der Waals surface area contributed by atoms with Gasteiger partial charge in [-0.3, -0.25) is 14.3 Å². The van der Waals surface area contributed by atoms with E-state index in [-0.39, 0.29) is 17.9 Å². The molecule has 7 heteroatoms. The van der Waals surface area contributed by atoms with E-state index in [2.05, 4.69) is 17.0 Å². The zero-order valence-corrected chi connectivity index (χ0v) is 14.9. The zero-order valence-electron chi connectivity index (χ0n) is 14.9. The Balaban J connectivity index is 1.70. The van der Waals surface area contributed by atoms with Gasteiger partial charge in [-0.2, -0.15) is 0 Å². The Morgan fingerprint density at radius 1 is 1.35 bits per heavy atom. The third-order valence-corrected chi connectivity index (χ3v) is 4.40. The summed E-state index contributed by atoms with van der Waals surface area (Å²) in [6, 6.07) is 6.76. The number of benzene rings is 1. The van der Waals surface area contributed by atoms with Gasteiger partial charge in [0, 0.05) is 25.3 Å². The van der Waals surface area contributed by atoms with Crippen LogP contribution in [0.1, 0.15) is 29.6 Å². The number of amides is 2. The van der Waals surface area contributed by atoms with E-state index in [1.54, 1.807) is 49.2 Å². The number of likely N-dealkylation sites (N-methyl/N-ethyl adjacent to an activating group) is 1. The molecule has 0 aliphatic heterocycles. The molecule has 1 fully saturated rings. The molecule has 1 aliphatic carbocycles. The van der Waals surface area contributed by atoms with E-state index >= 15 is 0 Å². The summed E-state index contributed by atoms with van der Waals surface area (Å²) in [5, 5.41) is 7.11. The number of carbonyl (C=O) groups excluding carboxylic acids is 2. The van der Waals surface area contributed by atoms with Crippen LogP contribution in [0.5, 0.6) is 5.88 Å². The van der Waals surface area contributed by atoms with Crippen molar-refractivity contribution in [1.82, 2.24) is 9.78 Å². The molecule has 0 atom stereocenters.